The summed E-state index contributed by atoms with van der Waals surface area (Å²) in [6.07, 6.45) is 2.45. The van der Waals surface area contributed by atoms with Crippen LogP contribution in [0.4, 0.5) is 0 Å². The highest BCUT2D eigenvalue weighted by Crippen LogP contribution is 2.08. The molecule has 1 rings (SSSR count). The van der Waals surface area contributed by atoms with Crippen LogP contribution in [0.15, 0.2) is 30.3 Å². The summed E-state index contributed by atoms with van der Waals surface area (Å²) in [7, 11) is 0. The van der Waals surface area contributed by atoms with Crippen molar-refractivity contribution in [3.63, 3.8) is 0 Å². The van der Waals surface area contributed by atoms with E-state index in [-0.39, 0.29) is 0 Å². The summed E-state index contributed by atoms with van der Waals surface area (Å²) >= 11 is 3.31. The largest absolute Gasteiger partial charge is 0.451 e. The number of hydrogen-bond acceptors (Lipinski definition) is 3. The molecule has 0 saturated heterocycles. The van der Waals surface area contributed by atoms with Crippen molar-refractivity contribution in [2.24, 2.45) is 0 Å². The monoisotopic (exact) mass is 298 g/mol. The summed E-state index contributed by atoms with van der Waals surface area (Å²) in [5.41, 5.74) is 0.472. The third kappa shape index (κ3) is 5.13. The van der Waals surface area contributed by atoms with Crippen molar-refractivity contribution in [2.75, 3.05) is 5.33 Å². The van der Waals surface area contributed by atoms with E-state index in [0.29, 0.717) is 18.3 Å². The fourth-order valence-corrected chi connectivity index (χ4v) is 1.77. The van der Waals surface area contributed by atoms with Gasteiger partial charge in [-0.1, -0.05) is 34.1 Å². The highest BCUT2D eigenvalue weighted by atomic mass is 79.9. The Kier molecular flexibility index (Phi) is 6.55. The van der Waals surface area contributed by atoms with E-state index < -0.39 is 12.1 Å². The highest BCUT2D eigenvalue weighted by molar-refractivity contribution is 9.09. The van der Waals surface area contributed by atoms with Gasteiger partial charge in [-0.15, -0.1) is 0 Å². The molecule has 0 aliphatic rings. The number of ether oxygens (including phenoxy) is 1. The third-order valence-electron chi connectivity index (χ3n) is 2.29. The lowest BCUT2D eigenvalue weighted by Crippen LogP contribution is -2.19. The van der Waals surface area contributed by atoms with Crippen LogP contribution in [-0.4, -0.2) is 23.7 Å². The van der Waals surface area contributed by atoms with Gasteiger partial charge >= 0.3 is 5.97 Å². The van der Waals surface area contributed by atoms with Gasteiger partial charge in [-0.3, -0.25) is 4.79 Å². The van der Waals surface area contributed by atoms with Crippen LogP contribution in [0.25, 0.3) is 0 Å². The Bertz CT molecular complexity index is 351. The van der Waals surface area contributed by atoms with Crippen LogP contribution < -0.4 is 0 Å². The van der Waals surface area contributed by atoms with Gasteiger partial charge in [0.15, 0.2) is 12.4 Å². The standard InChI is InChI=1S/C13H15BrO3/c14-9-5-4-8-12(10-15)17-13(16)11-6-2-1-3-7-11/h1-3,6-7,10,12H,4-5,8-9H2. The van der Waals surface area contributed by atoms with Crippen LogP contribution in [-0.2, 0) is 9.53 Å². The lowest BCUT2D eigenvalue weighted by Gasteiger charge is -2.11. The molecule has 1 aromatic rings. The number of aldehydes is 1. The molecule has 0 aromatic heterocycles. The minimum atomic E-state index is -0.637. The van der Waals surface area contributed by atoms with Gasteiger partial charge in [0.1, 0.15) is 0 Å². The second-order valence-electron chi connectivity index (χ2n) is 3.63. The van der Waals surface area contributed by atoms with Gasteiger partial charge in [-0.25, -0.2) is 4.79 Å². The van der Waals surface area contributed by atoms with E-state index in [0.717, 1.165) is 18.2 Å². The lowest BCUT2D eigenvalue weighted by atomic mass is 10.2. The Morgan fingerprint density at radius 1 is 1.29 bits per heavy atom. The molecule has 0 fully saturated rings. The number of carbonyl (C=O) groups excluding carboxylic acids is 2. The lowest BCUT2D eigenvalue weighted by molar-refractivity contribution is -0.115. The van der Waals surface area contributed by atoms with Crippen LogP contribution in [0.5, 0.6) is 0 Å². The Balaban J connectivity index is 2.45. The predicted octanol–water partition coefficient (Wildman–Crippen LogP) is 2.98. The Morgan fingerprint density at radius 2 is 2.00 bits per heavy atom. The summed E-state index contributed by atoms with van der Waals surface area (Å²) in [6, 6.07) is 8.68. The molecule has 17 heavy (non-hydrogen) atoms. The first kappa shape index (κ1) is 13.9. The van der Waals surface area contributed by atoms with Gasteiger partial charge in [-0.2, -0.15) is 0 Å². The molecule has 92 valence electrons. The van der Waals surface area contributed by atoms with Crippen LogP contribution >= 0.6 is 15.9 Å². The van der Waals surface area contributed by atoms with Crippen molar-refractivity contribution in [3.05, 3.63) is 35.9 Å². The molecule has 0 N–H and O–H groups in total. The van der Waals surface area contributed by atoms with E-state index in [1.807, 2.05) is 6.07 Å². The molecule has 1 unspecified atom stereocenters. The summed E-state index contributed by atoms with van der Waals surface area (Å²) < 4.78 is 5.11. The molecule has 0 saturated carbocycles. The van der Waals surface area contributed by atoms with Crippen molar-refractivity contribution in [1.82, 2.24) is 0 Å². The smallest absolute Gasteiger partial charge is 0.338 e. The van der Waals surface area contributed by atoms with Crippen molar-refractivity contribution in [1.29, 1.82) is 0 Å². The quantitative estimate of drug-likeness (QED) is 0.336. The van der Waals surface area contributed by atoms with Gasteiger partial charge in [-0.05, 0) is 31.4 Å². The van der Waals surface area contributed by atoms with Gasteiger partial charge in [0.25, 0.3) is 0 Å². The second-order valence-corrected chi connectivity index (χ2v) is 4.42. The first-order valence-electron chi connectivity index (χ1n) is 5.55. The zero-order chi connectivity index (χ0) is 12.5. The summed E-state index contributed by atoms with van der Waals surface area (Å²) in [5.74, 6) is -0.443. The summed E-state index contributed by atoms with van der Waals surface area (Å²) in [4.78, 5) is 22.4. The molecule has 3 nitrogen and oxygen atoms in total. The minimum absolute atomic E-state index is 0.443. The van der Waals surface area contributed by atoms with Gasteiger partial charge in [0, 0.05) is 5.33 Å². The summed E-state index contributed by atoms with van der Waals surface area (Å²) in [5, 5.41) is 0.894. The fourth-order valence-electron chi connectivity index (χ4n) is 1.37. The maximum atomic E-state index is 11.7. The predicted molar refractivity (Wildman–Crippen MR) is 69.4 cm³/mol. The van der Waals surface area contributed by atoms with Crippen LogP contribution in [0.2, 0.25) is 0 Å². The second kappa shape index (κ2) is 8.01. The van der Waals surface area contributed by atoms with Gasteiger partial charge in [0.2, 0.25) is 0 Å². The molecule has 1 aromatic carbocycles. The van der Waals surface area contributed by atoms with E-state index in [1.165, 1.54) is 0 Å². The van der Waals surface area contributed by atoms with Crippen molar-refractivity contribution >= 4 is 28.2 Å². The van der Waals surface area contributed by atoms with E-state index in [9.17, 15) is 9.59 Å². The molecule has 0 aliphatic heterocycles. The molecular formula is C13H15BrO3. The average molecular weight is 299 g/mol. The molecule has 0 spiro atoms. The van der Waals surface area contributed by atoms with E-state index in [2.05, 4.69) is 15.9 Å². The maximum Gasteiger partial charge on any atom is 0.338 e. The average Bonchev–Trinajstić information content (AvgIpc) is 2.38. The Morgan fingerprint density at radius 3 is 2.59 bits per heavy atom. The zero-order valence-electron chi connectivity index (χ0n) is 9.47. The highest BCUT2D eigenvalue weighted by Gasteiger charge is 2.14. The van der Waals surface area contributed by atoms with Gasteiger partial charge < -0.3 is 4.74 Å². The normalized spacial score (nSPS) is 11.8. The fraction of sp³-hybridized carbons (Fsp3) is 0.385. The molecule has 0 bridgehead atoms. The molecule has 1 atom stereocenters. The number of halogens is 1. The van der Waals surface area contributed by atoms with E-state index in [4.69, 9.17) is 4.74 Å². The number of benzene rings is 1. The van der Waals surface area contributed by atoms with Crippen LogP contribution in [0, 0.1) is 0 Å². The van der Waals surface area contributed by atoms with Gasteiger partial charge in [0.05, 0.1) is 5.56 Å². The Hall–Kier alpha value is -1.16. The van der Waals surface area contributed by atoms with Crippen LogP contribution in [0.3, 0.4) is 0 Å². The van der Waals surface area contributed by atoms with Crippen molar-refractivity contribution in [3.8, 4) is 0 Å². The molecule has 0 radical (unpaired) electrons. The number of unbranched alkanes of at least 4 members (excludes halogenated alkanes) is 1. The number of esters is 1. The van der Waals surface area contributed by atoms with Crippen molar-refractivity contribution in [2.45, 2.75) is 25.4 Å². The first-order chi connectivity index (χ1) is 8.27. The number of alkyl halides is 1. The molecule has 4 heteroatoms. The zero-order valence-corrected chi connectivity index (χ0v) is 11.1. The van der Waals surface area contributed by atoms with Crippen molar-refractivity contribution < 1.29 is 14.3 Å². The Labute approximate surface area is 109 Å². The van der Waals surface area contributed by atoms with Crippen LogP contribution in [0.1, 0.15) is 29.6 Å². The minimum Gasteiger partial charge on any atom is -0.451 e. The number of hydrogen-bond donors (Lipinski definition) is 0. The third-order valence-corrected chi connectivity index (χ3v) is 2.85. The number of rotatable bonds is 7. The topological polar surface area (TPSA) is 43.4 Å². The van der Waals surface area contributed by atoms with E-state index >= 15 is 0 Å². The SMILES string of the molecule is O=CC(CCCCBr)OC(=O)c1ccccc1. The molecule has 0 aliphatic carbocycles. The summed E-state index contributed by atoms with van der Waals surface area (Å²) in [6.45, 7) is 0. The maximum absolute atomic E-state index is 11.7. The molecule has 0 amide bonds. The molecule has 0 heterocycles. The number of carbonyl (C=O) groups is 2. The van der Waals surface area contributed by atoms with E-state index in [1.54, 1.807) is 24.3 Å². The first-order valence-corrected chi connectivity index (χ1v) is 6.67. The molecular weight excluding hydrogens is 284 g/mol.